The first kappa shape index (κ1) is 16.1. The van der Waals surface area contributed by atoms with Crippen molar-refractivity contribution in [1.29, 1.82) is 0 Å². The third-order valence-corrected chi connectivity index (χ3v) is 3.78. The first-order valence-electron chi connectivity index (χ1n) is 7.54. The summed E-state index contributed by atoms with van der Waals surface area (Å²) in [5, 5.41) is 2.87. The third-order valence-electron chi connectivity index (χ3n) is 3.50. The van der Waals surface area contributed by atoms with Crippen molar-refractivity contribution in [3.8, 4) is 11.5 Å². The zero-order valence-corrected chi connectivity index (χ0v) is 13.7. The monoisotopic (exact) mass is 337 g/mol. The average Bonchev–Trinajstić information content (AvgIpc) is 2.64. The number of hydrogen-bond acceptors (Lipinski definition) is 2. The Hall–Kier alpha value is -2.78. The molecule has 0 saturated heterocycles. The highest BCUT2D eigenvalue weighted by Gasteiger charge is 2.10. The molecule has 3 nitrogen and oxygen atoms in total. The van der Waals surface area contributed by atoms with Crippen molar-refractivity contribution in [2.75, 3.05) is 5.32 Å². The van der Waals surface area contributed by atoms with E-state index in [1.54, 1.807) is 18.2 Å². The summed E-state index contributed by atoms with van der Waals surface area (Å²) in [6.07, 6.45) is 0. The number of hydrogen-bond donors (Lipinski definition) is 1. The van der Waals surface area contributed by atoms with Crippen LogP contribution in [0.25, 0.3) is 0 Å². The maximum absolute atomic E-state index is 12.4. The summed E-state index contributed by atoms with van der Waals surface area (Å²) in [5.41, 5.74) is 2.09. The summed E-state index contributed by atoms with van der Waals surface area (Å²) in [7, 11) is 0. The van der Waals surface area contributed by atoms with Gasteiger partial charge in [0.1, 0.15) is 11.5 Å². The predicted octanol–water partition coefficient (Wildman–Crippen LogP) is 5.47. The third kappa shape index (κ3) is 3.94. The van der Waals surface area contributed by atoms with Crippen molar-refractivity contribution in [2.24, 2.45) is 0 Å². The fraction of sp³-hybridized carbons (Fsp3) is 0.0500. The Morgan fingerprint density at radius 2 is 1.46 bits per heavy atom. The van der Waals surface area contributed by atoms with Crippen LogP contribution in [-0.4, -0.2) is 5.91 Å². The molecule has 0 aliphatic carbocycles. The fourth-order valence-electron chi connectivity index (χ4n) is 2.29. The minimum atomic E-state index is -0.178. The van der Waals surface area contributed by atoms with E-state index in [-0.39, 0.29) is 5.91 Å². The predicted molar refractivity (Wildman–Crippen MR) is 96.9 cm³/mol. The maximum atomic E-state index is 12.4. The molecule has 0 unspecified atom stereocenters. The molecule has 0 heterocycles. The van der Waals surface area contributed by atoms with Crippen LogP contribution in [0.2, 0.25) is 0 Å². The molecule has 0 saturated carbocycles. The normalized spacial score (nSPS) is 10.2. The quantitative estimate of drug-likeness (QED) is 0.627. The molecular formula is C20H16ClNO2. The number of carbonyl (C=O) groups is 1. The van der Waals surface area contributed by atoms with Crippen LogP contribution in [-0.2, 0) is 5.88 Å². The minimum Gasteiger partial charge on any atom is -0.457 e. The number of carbonyl (C=O) groups excluding carboxylic acids is 1. The number of rotatable bonds is 5. The van der Waals surface area contributed by atoms with Crippen molar-refractivity contribution in [3.63, 3.8) is 0 Å². The van der Waals surface area contributed by atoms with Gasteiger partial charge in [-0.3, -0.25) is 4.79 Å². The molecule has 24 heavy (non-hydrogen) atoms. The fourth-order valence-corrected chi connectivity index (χ4v) is 2.52. The minimum absolute atomic E-state index is 0.178. The van der Waals surface area contributed by atoms with Crippen LogP contribution in [0.3, 0.4) is 0 Å². The lowest BCUT2D eigenvalue weighted by molar-refractivity contribution is 0.102. The number of benzene rings is 3. The molecule has 1 amide bonds. The molecule has 0 radical (unpaired) electrons. The van der Waals surface area contributed by atoms with Crippen LogP contribution in [0.15, 0.2) is 78.9 Å². The van der Waals surface area contributed by atoms with Gasteiger partial charge in [0.2, 0.25) is 0 Å². The molecule has 3 aromatic carbocycles. The van der Waals surface area contributed by atoms with Gasteiger partial charge in [0.25, 0.3) is 5.91 Å². The Bertz CT molecular complexity index is 817. The molecule has 0 bridgehead atoms. The van der Waals surface area contributed by atoms with Crippen LogP contribution in [0.1, 0.15) is 15.9 Å². The number of alkyl halides is 1. The largest absolute Gasteiger partial charge is 0.457 e. The van der Waals surface area contributed by atoms with Crippen LogP contribution in [0, 0.1) is 0 Å². The van der Waals surface area contributed by atoms with Gasteiger partial charge >= 0.3 is 0 Å². The molecule has 4 heteroatoms. The smallest absolute Gasteiger partial charge is 0.255 e. The van der Waals surface area contributed by atoms with Crippen molar-refractivity contribution < 1.29 is 9.53 Å². The van der Waals surface area contributed by atoms with Crippen molar-refractivity contribution in [2.45, 2.75) is 5.88 Å². The van der Waals surface area contributed by atoms with Gasteiger partial charge in [0, 0.05) is 17.1 Å². The first-order chi connectivity index (χ1) is 11.8. The second-order valence-electron chi connectivity index (χ2n) is 5.18. The van der Waals surface area contributed by atoms with Crippen LogP contribution >= 0.6 is 11.6 Å². The number of nitrogens with one attached hydrogen (secondary N) is 1. The zero-order valence-electron chi connectivity index (χ0n) is 12.9. The van der Waals surface area contributed by atoms with E-state index in [0.717, 1.165) is 11.3 Å². The van der Waals surface area contributed by atoms with Crippen molar-refractivity contribution >= 4 is 23.2 Å². The van der Waals surface area contributed by atoms with E-state index in [1.807, 2.05) is 60.7 Å². The number of anilines is 1. The molecule has 0 aromatic heterocycles. The second-order valence-corrected chi connectivity index (χ2v) is 5.45. The molecule has 0 fully saturated rings. The highest BCUT2D eigenvalue weighted by Crippen LogP contribution is 2.23. The van der Waals surface area contributed by atoms with Crippen LogP contribution in [0.5, 0.6) is 11.5 Å². The lowest BCUT2D eigenvalue weighted by Crippen LogP contribution is -2.13. The number of amides is 1. The zero-order chi connectivity index (χ0) is 16.8. The standard InChI is InChI=1S/C20H16ClNO2/c21-14-15-6-4-5-9-19(15)20(23)22-16-10-12-18(13-11-16)24-17-7-2-1-3-8-17/h1-13H,14H2,(H,22,23). The maximum Gasteiger partial charge on any atom is 0.255 e. The van der Waals surface area contributed by atoms with Gasteiger partial charge in [-0.15, -0.1) is 11.6 Å². The SMILES string of the molecule is O=C(Nc1ccc(Oc2ccccc2)cc1)c1ccccc1CCl. The van der Waals surface area contributed by atoms with Gasteiger partial charge in [-0.05, 0) is 48.0 Å². The summed E-state index contributed by atoms with van der Waals surface area (Å²) >= 11 is 5.88. The van der Waals surface area contributed by atoms with Gasteiger partial charge in [-0.25, -0.2) is 0 Å². The Morgan fingerprint density at radius 3 is 2.17 bits per heavy atom. The molecule has 0 atom stereocenters. The van der Waals surface area contributed by atoms with E-state index in [1.165, 1.54) is 0 Å². The van der Waals surface area contributed by atoms with E-state index in [2.05, 4.69) is 5.32 Å². The van der Waals surface area contributed by atoms with E-state index in [0.29, 0.717) is 22.9 Å². The molecule has 3 rings (SSSR count). The lowest BCUT2D eigenvalue weighted by atomic mass is 10.1. The lowest BCUT2D eigenvalue weighted by Gasteiger charge is -2.10. The summed E-state index contributed by atoms with van der Waals surface area (Å²) in [4.78, 5) is 12.4. The summed E-state index contributed by atoms with van der Waals surface area (Å²) in [5.74, 6) is 1.60. The molecule has 1 N–H and O–H groups in total. The Kier molecular flexibility index (Phi) is 5.14. The molecular weight excluding hydrogens is 322 g/mol. The van der Waals surface area contributed by atoms with Gasteiger partial charge in [0.15, 0.2) is 0 Å². The Morgan fingerprint density at radius 1 is 0.833 bits per heavy atom. The second kappa shape index (κ2) is 7.66. The Labute approximate surface area is 145 Å². The van der Waals surface area contributed by atoms with E-state index in [4.69, 9.17) is 16.3 Å². The van der Waals surface area contributed by atoms with Gasteiger partial charge < -0.3 is 10.1 Å². The van der Waals surface area contributed by atoms with Crippen LogP contribution < -0.4 is 10.1 Å². The van der Waals surface area contributed by atoms with Gasteiger partial charge in [-0.2, -0.15) is 0 Å². The number of halogens is 1. The average molecular weight is 338 g/mol. The summed E-state index contributed by atoms with van der Waals surface area (Å²) < 4.78 is 5.73. The van der Waals surface area contributed by atoms with Gasteiger partial charge in [-0.1, -0.05) is 36.4 Å². The molecule has 0 spiro atoms. The highest BCUT2D eigenvalue weighted by atomic mass is 35.5. The number of para-hydroxylation sites is 1. The topological polar surface area (TPSA) is 38.3 Å². The highest BCUT2D eigenvalue weighted by molar-refractivity contribution is 6.18. The van der Waals surface area contributed by atoms with E-state index in [9.17, 15) is 4.79 Å². The van der Waals surface area contributed by atoms with Crippen molar-refractivity contribution in [3.05, 3.63) is 90.0 Å². The number of ether oxygens (including phenoxy) is 1. The first-order valence-corrected chi connectivity index (χ1v) is 8.08. The Balaban J connectivity index is 1.69. The molecule has 120 valence electrons. The van der Waals surface area contributed by atoms with E-state index < -0.39 is 0 Å². The van der Waals surface area contributed by atoms with E-state index >= 15 is 0 Å². The van der Waals surface area contributed by atoms with Crippen molar-refractivity contribution in [1.82, 2.24) is 0 Å². The molecule has 0 aliphatic rings. The summed E-state index contributed by atoms with van der Waals surface area (Å²) in [6, 6.07) is 24.1. The van der Waals surface area contributed by atoms with Crippen LogP contribution in [0.4, 0.5) is 5.69 Å². The van der Waals surface area contributed by atoms with Gasteiger partial charge in [0.05, 0.1) is 0 Å². The molecule has 3 aromatic rings. The molecule has 0 aliphatic heterocycles. The summed E-state index contributed by atoms with van der Waals surface area (Å²) in [6.45, 7) is 0.